The molecule has 0 bridgehead atoms. The second-order valence-electron chi connectivity index (χ2n) is 3.43. The first-order chi connectivity index (χ1) is 6.74. The number of rotatable bonds is 4. The van der Waals surface area contributed by atoms with Gasteiger partial charge in [0.15, 0.2) is 0 Å². The third-order valence-corrected chi connectivity index (χ3v) is 2.17. The molecule has 3 heteroatoms. The van der Waals surface area contributed by atoms with Gasteiger partial charge in [-0.25, -0.2) is 0 Å². The van der Waals surface area contributed by atoms with Crippen molar-refractivity contribution >= 4 is 5.97 Å². The molecular weight excluding hydrogens is 178 g/mol. The molecule has 1 aliphatic carbocycles. The molecular formula is C11H17NO2. The number of unbranched alkanes of at least 4 members (excludes halogenated alkanes) is 1. The average molecular weight is 195 g/mol. The van der Waals surface area contributed by atoms with E-state index in [2.05, 4.69) is 6.92 Å². The van der Waals surface area contributed by atoms with Gasteiger partial charge < -0.3 is 10.5 Å². The zero-order valence-corrected chi connectivity index (χ0v) is 8.53. The molecule has 0 saturated carbocycles. The van der Waals surface area contributed by atoms with Crippen LogP contribution >= 0.6 is 0 Å². The Kier molecular flexibility index (Phi) is 4.23. The molecule has 1 aliphatic rings. The van der Waals surface area contributed by atoms with Gasteiger partial charge in [0, 0.05) is 5.70 Å². The average Bonchev–Trinajstić information content (AvgIpc) is 2.19. The molecule has 1 atom stereocenters. The number of nitrogens with two attached hydrogens (primary N) is 1. The Balaban J connectivity index is 2.29. The smallest absolute Gasteiger partial charge is 0.313 e. The van der Waals surface area contributed by atoms with Crippen molar-refractivity contribution < 1.29 is 9.53 Å². The van der Waals surface area contributed by atoms with E-state index in [-0.39, 0.29) is 11.9 Å². The molecule has 0 heterocycles. The molecule has 0 saturated heterocycles. The van der Waals surface area contributed by atoms with Crippen LogP contribution in [0, 0.1) is 5.92 Å². The van der Waals surface area contributed by atoms with Crippen LogP contribution in [0.15, 0.2) is 23.9 Å². The summed E-state index contributed by atoms with van der Waals surface area (Å²) in [5, 5.41) is 0. The largest absolute Gasteiger partial charge is 0.465 e. The molecule has 3 nitrogen and oxygen atoms in total. The minimum Gasteiger partial charge on any atom is -0.465 e. The summed E-state index contributed by atoms with van der Waals surface area (Å²) in [6, 6.07) is 0. The Morgan fingerprint density at radius 2 is 2.50 bits per heavy atom. The summed E-state index contributed by atoms with van der Waals surface area (Å²) in [6.45, 7) is 2.59. The predicted molar refractivity (Wildman–Crippen MR) is 55.4 cm³/mol. The maximum absolute atomic E-state index is 11.4. The van der Waals surface area contributed by atoms with Crippen molar-refractivity contribution in [3.63, 3.8) is 0 Å². The first-order valence-electron chi connectivity index (χ1n) is 5.04. The summed E-state index contributed by atoms with van der Waals surface area (Å²) in [7, 11) is 0. The molecule has 0 fully saturated rings. The number of carbonyl (C=O) groups is 1. The van der Waals surface area contributed by atoms with Crippen molar-refractivity contribution in [2.75, 3.05) is 6.61 Å². The number of hydrogen-bond donors (Lipinski definition) is 1. The lowest BCUT2D eigenvalue weighted by Gasteiger charge is -2.13. The van der Waals surface area contributed by atoms with Crippen LogP contribution in [0.25, 0.3) is 0 Å². The van der Waals surface area contributed by atoms with E-state index in [9.17, 15) is 4.79 Å². The van der Waals surface area contributed by atoms with Crippen LogP contribution in [-0.4, -0.2) is 12.6 Å². The van der Waals surface area contributed by atoms with Gasteiger partial charge in [-0.1, -0.05) is 25.5 Å². The first kappa shape index (κ1) is 10.8. The highest BCUT2D eigenvalue weighted by molar-refractivity contribution is 5.75. The Labute approximate surface area is 84.6 Å². The zero-order valence-electron chi connectivity index (χ0n) is 8.53. The van der Waals surface area contributed by atoms with Crippen LogP contribution in [0.3, 0.4) is 0 Å². The molecule has 0 radical (unpaired) electrons. The van der Waals surface area contributed by atoms with Gasteiger partial charge in [0.05, 0.1) is 12.5 Å². The summed E-state index contributed by atoms with van der Waals surface area (Å²) < 4.78 is 5.10. The van der Waals surface area contributed by atoms with Gasteiger partial charge in [0.2, 0.25) is 0 Å². The van der Waals surface area contributed by atoms with Crippen LogP contribution in [0.2, 0.25) is 0 Å². The van der Waals surface area contributed by atoms with Crippen LogP contribution in [-0.2, 0) is 9.53 Å². The Bertz CT molecular complexity index is 256. The fourth-order valence-electron chi connectivity index (χ4n) is 1.24. The van der Waals surface area contributed by atoms with E-state index in [0.29, 0.717) is 13.0 Å². The molecule has 0 aliphatic heterocycles. The predicted octanol–water partition coefficient (Wildman–Crippen LogP) is 1.75. The van der Waals surface area contributed by atoms with E-state index in [1.807, 2.05) is 12.2 Å². The Morgan fingerprint density at radius 3 is 3.07 bits per heavy atom. The molecule has 14 heavy (non-hydrogen) atoms. The monoisotopic (exact) mass is 195 g/mol. The SMILES string of the molecule is CCCCOC(=O)C1C=CC(N)=CC1. The normalized spacial score (nSPS) is 20.4. The van der Waals surface area contributed by atoms with Crippen molar-refractivity contribution in [2.45, 2.75) is 26.2 Å². The van der Waals surface area contributed by atoms with Gasteiger partial charge >= 0.3 is 5.97 Å². The van der Waals surface area contributed by atoms with Crippen molar-refractivity contribution in [1.29, 1.82) is 0 Å². The maximum Gasteiger partial charge on any atom is 0.313 e. The van der Waals surface area contributed by atoms with Crippen molar-refractivity contribution in [3.8, 4) is 0 Å². The van der Waals surface area contributed by atoms with Crippen LogP contribution < -0.4 is 5.73 Å². The number of carbonyl (C=O) groups excluding carboxylic acids is 1. The first-order valence-corrected chi connectivity index (χ1v) is 5.04. The molecule has 0 spiro atoms. The Hall–Kier alpha value is -1.25. The second-order valence-corrected chi connectivity index (χ2v) is 3.43. The van der Waals surface area contributed by atoms with E-state index >= 15 is 0 Å². The van der Waals surface area contributed by atoms with Gasteiger partial charge in [-0.2, -0.15) is 0 Å². The topological polar surface area (TPSA) is 52.3 Å². The van der Waals surface area contributed by atoms with E-state index in [0.717, 1.165) is 18.5 Å². The van der Waals surface area contributed by atoms with Crippen LogP contribution in [0.4, 0.5) is 0 Å². The minimum absolute atomic E-state index is 0.140. The highest BCUT2D eigenvalue weighted by atomic mass is 16.5. The van der Waals surface area contributed by atoms with Crippen molar-refractivity contribution in [2.24, 2.45) is 11.7 Å². The third-order valence-electron chi connectivity index (χ3n) is 2.17. The number of allylic oxidation sites excluding steroid dienone is 2. The van der Waals surface area contributed by atoms with Crippen molar-refractivity contribution in [1.82, 2.24) is 0 Å². The lowest BCUT2D eigenvalue weighted by atomic mass is 10.00. The summed E-state index contributed by atoms with van der Waals surface area (Å²) in [5.41, 5.74) is 6.27. The van der Waals surface area contributed by atoms with Crippen molar-refractivity contribution in [3.05, 3.63) is 23.9 Å². The fraction of sp³-hybridized carbons (Fsp3) is 0.545. The molecule has 2 N–H and O–H groups in total. The summed E-state index contributed by atoms with van der Waals surface area (Å²) in [6.07, 6.45) is 8.05. The maximum atomic E-state index is 11.4. The minimum atomic E-state index is -0.140. The Morgan fingerprint density at radius 1 is 1.71 bits per heavy atom. The van der Waals surface area contributed by atoms with E-state index < -0.39 is 0 Å². The number of esters is 1. The fourth-order valence-corrected chi connectivity index (χ4v) is 1.24. The molecule has 1 unspecified atom stereocenters. The number of hydrogen-bond acceptors (Lipinski definition) is 3. The van der Waals surface area contributed by atoms with Gasteiger partial charge in [-0.3, -0.25) is 4.79 Å². The highest BCUT2D eigenvalue weighted by Gasteiger charge is 2.17. The molecule has 0 aromatic rings. The molecule has 0 amide bonds. The second kappa shape index (κ2) is 5.47. The third kappa shape index (κ3) is 3.24. The highest BCUT2D eigenvalue weighted by Crippen LogP contribution is 2.15. The summed E-state index contributed by atoms with van der Waals surface area (Å²) in [5.74, 6) is -0.280. The summed E-state index contributed by atoms with van der Waals surface area (Å²) >= 11 is 0. The molecule has 78 valence electrons. The van der Waals surface area contributed by atoms with Crippen LogP contribution in [0.1, 0.15) is 26.2 Å². The molecule has 0 aromatic carbocycles. The van der Waals surface area contributed by atoms with E-state index in [1.54, 1.807) is 6.08 Å². The van der Waals surface area contributed by atoms with Gasteiger partial charge in [0.25, 0.3) is 0 Å². The zero-order chi connectivity index (χ0) is 10.4. The van der Waals surface area contributed by atoms with Gasteiger partial charge in [-0.05, 0) is 18.9 Å². The summed E-state index contributed by atoms with van der Waals surface area (Å²) in [4.78, 5) is 11.4. The standard InChI is InChI=1S/C11H17NO2/c1-2-3-8-14-11(13)9-4-6-10(12)7-5-9/h4,6-7,9H,2-3,5,8,12H2,1H3. The van der Waals surface area contributed by atoms with E-state index in [1.165, 1.54) is 0 Å². The number of ether oxygens (including phenoxy) is 1. The van der Waals surface area contributed by atoms with E-state index in [4.69, 9.17) is 10.5 Å². The van der Waals surface area contributed by atoms with Gasteiger partial charge in [-0.15, -0.1) is 0 Å². The lowest BCUT2D eigenvalue weighted by molar-refractivity contribution is -0.146. The molecule has 1 rings (SSSR count). The lowest BCUT2D eigenvalue weighted by Crippen LogP contribution is -2.18. The quantitative estimate of drug-likeness (QED) is 0.549. The molecule has 0 aromatic heterocycles. The van der Waals surface area contributed by atoms with Gasteiger partial charge in [0.1, 0.15) is 0 Å². The van der Waals surface area contributed by atoms with Crippen LogP contribution in [0.5, 0.6) is 0 Å².